The zero-order chi connectivity index (χ0) is 18.4. The van der Waals surface area contributed by atoms with Gasteiger partial charge in [-0.25, -0.2) is 0 Å². The molecule has 1 N–H and O–H groups in total. The van der Waals surface area contributed by atoms with Gasteiger partial charge in [-0.05, 0) is 49.5 Å². The van der Waals surface area contributed by atoms with Crippen LogP contribution in [0.3, 0.4) is 0 Å². The van der Waals surface area contributed by atoms with Crippen molar-refractivity contribution < 1.29 is 9.72 Å². The Morgan fingerprint density at radius 1 is 1.19 bits per heavy atom. The van der Waals surface area contributed by atoms with Crippen LogP contribution in [0.1, 0.15) is 40.5 Å². The van der Waals surface area contributed by atoms with Crippen LogP contribution in [0.4, 0.5) is 5.69 Å². The van der Waals surface area contributed by atoms with Gasteiger partial charge in [0.15, 0.2) is 5.78 Å². The fourth-order valence-electron chi connectivity index (χ4n) is 3.31. The molecule has 1 unspecified atom stereocenters. The summed E-state index contributed by atoms with van der Waals surface area (Å²) in [5.41, 5.74) is 0.492. The Labute approximate surface area is 157 Å². The first-order valence-electron chi connectivity index (χ1n) is 8.91. The lowest BCUT2D eigenvalue weighted by atomic mass is 10.1. The molecule has 6 nitrogen and oxygen atoms in total. The average molecular weight is 373 g/mol. The van der Waals surface area contributed by atoms with Crippen molar-refractivity contribution in [3.63, 3.8) is 0 Å². The second-order valence-corrected chi connectivity index (χ2v) is 7.47. The summed E-state index contributed by atoms with van der Waals surface area (Å²) in [6, 6.07) is 10.3. The van der Waals surface area contributed by atoms with Crippen molar-refractivity contribution in [3.8, 4) is 0 Å². The van der Waals surface area contributed by atoms with Crippen molar-refractivity contribution in [3.05, 3.63) is 62.3 Å². The quantitative estimate of drug-likeness (QED) is 0.434. The van der Waals surface area contributed by atoms with Crippen molar-refractivity contribution in [2.75, 3.05) is 26.2 Å². The fourth-order valence-corrected chi connectivity index (χ4v) is 4.17. The summed E-state index contributed by atoms with van der Waals surface area (Å²) in [6.45, 7) is 3.15. The number of Topliss-reactive ketones (excluding diaryl/α,β-unsaturated/α-hetero) is 1. The van der Waals surface area contributed by atoms with Gasteiger partial charge < -0.3 is 5.32 Å². The van der Waals surface area contributed by atoms with Crippen LogP contribution in [0.15, 0.2) is 41.8 Å². The van der Waals surface area contributed by atoms with Crippen molar-refractivity contribution in [1.82, 2.24) is 10.2 Å². The zero-order valence-corrected chi connectivity index (χ0v) is 15.4. The summed E-state index contributed by atoms with van der Waals surface area (Å²) in [5, 5.41) is 16.1. The first-order valence-corrected chi connectivity index (χ1v) is 9.79. The number of piperidine rings is 1. The summed E-state index contributed by atoms with van der Waals surface area (Å²) in [5.74, 6) is -0.0523. The van der Waals surface area contributed by atoms with Gasteiger partial charge in [-0.3, -0.25) is 19.8 Å². The Balaban J connectivity index is 1.57. The molecule has 7 heteroatoms. The highest BCUT2D eigenvalue weighted by atomic mass is 32.1. The summed E-state index contributed by atoms with van der Waals surface area (Å²) in [7, 11) is 0. The van der Waals surface area contributed by atoms with Crippen LogP contribution in [0, 0.1) is 10.1 Å². The molecule has 1 aliphatic rings. The van der Waals surface area contributed by atoms with Gasteiger partial charge in [-0.2, -0.15) is 0 Å². The average Bonchev–Trinajstić information content (AvgIpc) is 3.20. The molecule has 0 saturated carbocycles. The number of likely N-dealkylation sites (tertiary alicyclic amines) is 1. The molecule has 1 fully saturated rings. The Kier molecular flexibility index (Phi) is 6.49. The number of nitro benzene ring substituents is 1. The van der Waals surface area contributed by atoms with Gasteiger partial charge in [0.2, 0.25) is 0 Å². The highest BCUT2D eigenvalue weighted by Gasteiger charge is 2.23. The second-order valence-electron chi connectivity index (χ2n) is 6.49. The molecule has 1 aliphatic heterocycles. The molecule has 0 aliphatic carbocycles. The molecular formula is C19H23N3O3S. The number of non-ortho nitro benzene ring substituents is 1. The van der Waals surface area contributed by atoms with Gasteiger partial charge in [0.05, 0.1) is 17.5 Å². The third-order valence-electron chi connectivity index (χ3n) is 4.73. The van der Waals surface area contributed by atoms with E-state index >= 15 is 0 Å². The Bertz CT molecular complexity index is 725. The third kappa shape index (κ3) is 4.75. The molecule has 3 rings (SSSR count). The Morgan fingerprint density at radius 3 is 2.54 bits per heavy atom. The Hall–Kier alpha value is -2.09. The standard InChI is InChI=1S/C19H23N3O3S/c23-18(15-6-8-16(9-7-15)22(24)25)14-20-13-17(19-5-4-12-26-19)21-10-2-1-3-11-21/h4-9,12,17,20H,1-3,10-11,13-14H2. The fraction of sp³-hybridized carbons (Fsp3) is 0.421. The summed E-state index contributed by atoms with van der Waals surface area (Å²) in [4.78, 5) is 26.4. The number of thiophene rings is 1. The maximum Gasteiger partial charge on any atom is 0.269 e. The topological polar surface area (TPSA) is 75.5 Å². The summed E-state index contributed by atoms with van der Waals surface area (Å²) >= 11 is 1.75. The first-order chi connectivity index (χ1) is 12.6. The first kappa shape index (κ1) is 18.7. The van der Waals surface area contributed by atoms with Crippen molar-refractivity contribution in [2.24, 2.45) is 0 Å². The largest absolute Gasteiger partial charge is 0.308 e. The molecule has 0 spiro atoms. The number of hydrogen-bond acceptors (Lipinski definition) is 6. The minimum Gasteiger partial charge on any atom is -0.308 e. The minimum absolute atomic E-state index is 0.00244. The van der Waals surface area contributed by atoms with Crippen molar-refractivity contribution in [2.45, 2.75) is 25.3 Å². The monoisotopic (exact) mass is 373 g/mol. The van der Waals surface area contributed by atoms with E-state index in [2.05, 4.69) is 27.7 Å². The van der Waals surface area contributed by atoms with E-state index in [1.165, 1.54) is 48.4 Å². The van der Waals surface area contributed by atoms with Gasteiger partial charge in [-0.1, -0.05) is 12.5 Å². The van der Waals surface area contributed by atoms with Gasteiger partial charge in [0.1, 0.15) is 0 Å². The number of carbonyl (C=O) groups is 1. The molecular weight excluding hydrogens is 350 g/mol. The maximum atomic E-state index is 12.3. The maximum absolute atomic E-state index is 12.3. The number of nitrogens with one attached hydrogen (secondary N) is 1. The van der Waals surface area contributed by atoms with E-state index in [9.17, 15) is 14.9 Å². The molecule has 0 bridgehead atoms. The number of benzene rings is 1. The SMILES string of the molecule is O=C(CNCC(c1cccs1)N1CCCCC1)c1ccc([N+](=O)[O-])cc1. The van der Waals surface area contributed by atoms with Crippen molar-refractivity contribution in [1.29, 1.82) is 0 Å². The molecule has 138 valence electrons. The number of carbonyl (C=O) groups excluding carboxylic acids is 1. The molecule has 0 amide bonds. The number of nitro groups is 1. The molecule has 1 saturated heterocycles. The highest BCUT2D eigenvalue weighted by molar-refractivity contribution is 7.10. The minimum atomic E-state index is -0.462. The normalized spacial score (nSPS) is 16.3. The number of ketones is 1. The summed E-state index contributed by atoms with van der Waals surface area (Å²) in [6.07, 6.45) is 3.74. The number of hydrogen-bond donors (Lipinski definition) is 1. The molecule has 26 heavy (non-hydrogen) atoms. The van der Waals surface area contributed by atoms with Crippen LogP contribution in [-0.4, -0.2) is 41.8 Å². The lowest BCUT2D eigenvalue weighted by molar-refractivity contribution is -0.384. The van der Waals surface area contributed by atoms with Crippen LogP contribution in [0.2, 0.25) is 0 Å². The molecule has 1 aromatic heterocycles. The van der Waals surface area contributed by atoms with E-state index in [1.54, 1.807) is 11.3 Å². The highest BCUT2D eigenvalue weighted by Crippen LogP contribution is 2.27. The van der Waals surface area contributed by atoms with Crippen LogP contribution >= 0.6 is 11.3 Å². The molecule has 0 radical (unpaired) electrons. The predicted molar refractivity (Wildman–Crippen MR) is 103 cm³/mol. The van der Waals surface area contributed by atoms with Gasteiger partial charge >= 0.3 is 0 Å². The third-order valence-corrected chi connectivity index (χ3v) is 5.70. The van der Waals surface area contributed by atoms with Gasteiger partial charge in [0, 0.05) is 29.1 Å². The van der Waals surface area contributed by atoms with E-state index in [-0.39, 0.29) is 18.0 Å². The number of nitrogens with zero attached hydrogens (tertiary/aromatic N) is 2. The van der Waals surface area contributed by atoms with E-state index in [0.29, 0.717) is 11.6 Å². The van der Waals surface area contributed by atoms with Gasteiger partial charge in [0.25, 0.3) is 5.69 Å². The van der Waals surface area contributed by atoms with Crippen LogP contribution in [-0.2, 0) is 0 Å². The van der Waals surface area contributed by atoms with Gasteiger partial charge in [-0.15, -0.1) is 11.3 Å². The predicted octanol–water partition coefficient (Wildman–Crippen LogP) is 3.66. The van der Waals surface area contributed by atoms with Crippen LogP contribution in [0.5, 0.6) is 0 Å². The van der Waals surface area contributed by atoms with Crippen LogP contribution < -0.4 is 5.32 Å². The van der Waals surface area contributed by atoms with Crippen LogP contribution in [0.25, 0.3) is 0 Å². The smallest absolute Gasteiger partial charge is 0.269 e. The molecule has 2 aromatic rings. The number of rotatable bonds is 8. The lowest BCUT2D eigenvalue weighted by Crippen LogP contribution is -2.39. The molecule has 1 atom stereocenters. The van der Waals surface area contributed by atoms with E-state index < -0.39 is 4.92 Å². The van der Waals surface area contributed by atoms with Crippen molar-refractivity contribution >= 4 is 22.8 Å². The Morgan fingerprint density at radius 2 is 1.92 bits per heavy atom. The molecule has 1 aromatic carbocycles. The van der Waals surface area contributed by atoms with E-state index in [0.717, 1.165) is 19.6 Å². The van der Waals surface area contributed by atoms with E-state index in [1.807, 2.05) is 0 Å². The summed E-state index contributed by atoms with van der Waals surface area (Å²) < 4.78 is 0. The molecule has 2 heterocycles. The zero-order valence-electron chi connectivity index (χ0n) is 14.6. The lowest BCUT2D eigenvalue weighted by Gasteiger charge is -2.34. The van der Waals surface area contributed by atoms with E-state index in [4.69, 9.17) is 0 Å². The second kappa shape index (κ2) is 9.02.